The van der Waals surface area contributed by atoms with E-state index in [9.17, 15) is 14.4 Å². The van der Waals surface area contributed by atoms with Gasteiger partial charge in [0.25, 0.3) is 5.91 Å². The molecule has 5 N–H and O–H groups in total. The lowest BCUT2D eigenvalue weighted by atomic mass is 10.0. The Kier molecular flexibility index (Phi) is 7.07. The van der Waals surface area contributed by atoms with Crippen LogP contribution in [0.25, 0.3) is 16.5 Å². The summed E-state index contributed by atoms with van der Waals surface area (Å²) in [5.41, 5.74) is 6.90. The second-order valence-electron chi connectivity index (χ2n) is 6.71. The fraction of sp³-hybridized carbons (Fsp3) is 0.136. The second kappa shape index (κ2) is 9.76. The maximum atomic E-state index is 13.1. The third kappa shape index (κ3) is 4.87. The van der Waals surface area contributed by atoms with Crippen molar-refractivity contribution in [2.75, 3.05) is 11.9 Å². The number of anilines is 1. The summed E-state index contributed by atoms with van der Waals surface area (Å²) >= 11 is 12.5. The minimum absolute atomic E-state index is 0.0128. The Morgan fingerprint density at radius 2 is 1.91 bits per heavy atom. The number of aromatic amines is 1. The molecule has 0 aliphatic rings. The van der Waals surface area contributed by atoms with Crippen LogP contribution in [-0.2, 0) is 16.1 Å². The van der Waals surface area contributed by atoms with E-state index >= 15 is 0 Å². The summed E-state index contributed by atoms with van der Waals surface area (Å²) in [5, 5.41) is 6.25. The predicted molar refractivity (Wildman–Crippen MR) is 125 cm³/mol. The van der Waals surface area contributed by atoms with Crippen LogP contribution in [0.2, 0.25) is 10.0 Å². The van der Waals surface area contributed by atoms with Crippen molar-refractivity contribution in [1.29, 1.82) is 0 Å². The number of nitrogens with two attached hydrogens (primary N) is 1. The number of hydrogen-bond acceptors (Lipinski definition) is 4. The van der Waals surface area contributed by atoms with Crippen LogP contribution in [0.15, 0.2) is 43.0 Å². The van der Waals surface area contributed by atoms with Crippen molar-refractivity contribution in [1.82, 2.24) is 10.3 Å². The average Bonchev–Trinajstić information content (AvgIpc) is 3.12. The first-order valence-corrected chi connectivity index (χ1v) is 10.3. The van der Waals surface area contributed by atoms with Gasteiger partial charge >= 0.3 is 12.0 Å². The van der Waals surface area contributed by atoms with Crippen LogP contribution in [0.4, 0.5) is 10.5 Å². The van der Waals surface area contributed by atoms with Crippen LogP contribution in [0.1, 0.15) is 28.5 Å². The first kappa shape index (κ1) is 23.2. The molecular weight excluding hydrogens is 455 g/mol. The molecular formula is C22H20Cl2N4O4. The number of H-pyrrole nitrogens is 1. The molecule has 166 valence electrons. The van der Waals surface area contributed by atoms with E-state index in [1.54, 1.807) is 37.3 Å². The van der Waals surface area contributed by atoms with Gasteiger partial charge in [-0.1, -0.05) is 48.0 Å². The Bertz CT molecular complexity index is 1240. The summed E-state index contributed by atoms with van der Waals surface area (Å²) in [7, 11) is 0. The van der Waals surface area contributed by atoms with Crippen molar-refractivity contribution in [2.45, 2.75) is 13.5 Å². The number of hydrogen-bond donors (Lipinski definition) is 4. The molecule has 3 rings (SSSR count). The molecule has 0 spiro atoms. The van der Waals surface area contributed by atoms with Gasteiger partial charge in [0.05, 0.1) is 11.6 Å². The first-order valence-electron chi connectivity index (χ1n) is 9.52. The first-order chi connectivity index (χ1) is 15.2. The van der Waals surface area contributed by atoms with Crippen molar-refractivity contribution in [3.63, 3.8) is 0 Å². The summed E-state index contributed by atoms with van der Waals surface area (Å²) < 4.78 is 5.12. The molecule has 0 saturated carbocycles. The highest BCUT2D eigenvalue weighted by atomic mass is 35.5. The highest BCUT2D eigenvalue weighted by Crippen LogP contribution is 2.36. The largest absolute Gasteiger partial charge is 0.461 e. The maximum absolute atomic E-state index is 13.1. The smallest absolute Gasteiger partial charge is 0.355 e. The number of fused-ring (bicyclic) bond motifs is 1. The van der Waals surface area contributed by atoms with Gasteiger partial charge in [-0.15, -0.1) is 0 Å². The van der Waals surface area contributed by atoms with Crippen molar-refractivity contribution >= 4 is 63.3 Å². The number of nitrogens with one attached hydrogen (secondary N) is 3. The molecule has 2 aromatic carbocycles. The van der Waals surface area contributed by atoms with Gasteiger partial charge in [-0.05, 0) is 30.7 Å². The minimum Gasteiger partial charge on any atom is -0.461 e. The SMILES string of the molecule is C=C(C(=O)Nc1ccccc1CNC(N)=O)c1c(C(=O)OCC)[nH]c2cc(Cl)cc(Cl)c12. The number of urea groups is 1. The second-order valence-corrected chi connectivity index (χ2v) is 7.56. The van der Waals surface area contributed by atoms with E-state index in [1.807, 2.05) is 0 Å². The van der Waals surface area contributed by atoms with Crippen LogP contribution < -0.4 is 16.4 Å². The maximum Gasteiger partial charge on any atom is 0.355 e. The number of halogens is 2. The highest BCUT2D eigenvalue weighted by Gasteiger charge is 2.26. The zero-order valence-electron chi connectivity index (χ0n) is 17.1. The molecule has 3 amide bonds. The zero-order valence-corrected chi connectivity index (χ0v) is 18.6. The molecule has 1 heterocycles. The number of benzene rings is 2. The van der Waals surface area contributed by atoms with E-state index in [2.05, 4.69) is 22.2 Å². The van der Waals surface area contributed by atoms with E-state index in [0.29, 0.717) is 27.2 Å². The van der Waals surface area contributed by atoms with Crippen molar-refractivity contribution in [2.24, 2.45) is 5.73 Å². The molecule has 0 aliphatic carbocycles. The molecule has 32 heavy (non-hydrogen) atoms. The van der Waals surface area contributed by atoms with E-state index in [0.717, 1.165) is 0 Å². The van der Waals surface area contributed by atoms with Crippen LogP contribution in [0, 0.1) is 0 Å². The molecule has 0 fully saturated rings. The fourth-order valence-electron chi connectivity index (χ4n) is 3.20. The Labute approximate surface area is 193 Å². The number of carbonyl (C=O) groups is 3. The Balaban J connectivity index is 2.01. The van der Waals surface area contributed by atoms with Gasteiger partial charge in [0, 0.05) is 39.3 Å². The third-order valence-corrected chi connectivity index (χ3v) is 5.11. The number of ether oxygens (including phenoxy) is 1. The molecule has 0 bridgehead atoms. The molecule has 3 aromatic rings. The zero-order chi connectivity index (χ0) is 23.4. The normalized spacial score (nSPS) is 10.6. The van der Waals surface area contributed by atoms with E-state index in [4.69, 9.17) is 33.7 Å². The van der Waals surface area contributed by atoms with Gasteiger partial charge < -0.3 is 26.1 Å². The van der Waals surface area contributed by atoms with E-state index < -0.39 is 17.9 Å². The lowest BCUT2D eigenvalue weighted by Gasteiger charge is -2.13. The molecule has 0 radical (unpaired) electrons. The topological polar surface area (TPSA) is 126 Å². The van der Waals surface area contributed by atoms with Gasteiger partial charge in [-0.25, -0.2) is 9.59 Å². The monoisotopic (exact) mass is 474 g/mol. The lowest BCUT2D eigenvalue weighted by molar-refractivity contribution is -0.111. The van der Waals surface area contributed by atoms with Crippen LogP contribution in [0.3, 0.4) is 0 Å². The van der Waals surface area contributed by atoms with Gasteiger partial charge in [0.1, 0.15) is 5.69 Å². The predicted octanol–water partition coefficient (Wildman–Crippen LogP) is 4.47. The number of para-hydroxylation sites is 1. The molecule has 0 aliphatic heterocycles. The summed E-state index contributed by atoms with van der Waals surface area (Å²) in [5.74, 6) is -1.24. The van der Waals surface area contributed by atoms with Crippen LogP contribution >= 0.6 is 23.2 Å². The Morgan fingerprint density at radius 1 is 1.19 bits per heavy atom. The Morgan fingerprint density at radius 3 is 2.59 bits per heavy atom. The summed E-state index contributed by atoms with van der Waals surface area (Å²) in [6, 6.07) is 9.27. The molecule has 0 saturated heterocycles. The highest BCUT2D eigenvalue weighted by molar-refractivity contribution is 6.41. The summed E-state index contributed by atoms with van der Waals surface area (Å²) in [6.07, 6.45) is 0. The van der Waals surface area contributed by atoms with Crippen molar-refractivity contribution in [3.8, 4) is 0 Å². The quantitative estimate of drug-likeness (QED) is 0.297. The molecule has 8 nitrogen and oxygen atoms in total. The lowest BCUT2D eigenvalue weighted by Crippen LogP contribution is -2.29. The molecule has 10 heteroatoms. The number of rotatable bonds is 7. The van der Waals surface area contributed by atoms with Crippen molar-refractivity contribution < 1.29 is 19.1 Å². The van der Waals surface area contributed by atoms with Gasteiger partial charge in [-0.3, -0.25) is 4.79 Å². The number of amides is 3. The number of carbonyl (C=O) groups excluding carboxylic acids is 3. The number of primary amides is 1. The third-order valence-electron chi connectivity index (χ3n) is 4.59. The molecule has 0 unspecified atom stereocenters. The standard InChI is InChI=1S/C22H20Cl2N4O4/c1-3-32-21(30)19-17(18-14(24)8-13(23)9-16(18)27-19)11(2)20(29)28-15-7-5-4-6-12(15)10-26-22(25)31/h4-9,27H,2-3,10H2,1H3,(H,28,29)(H3,25,26,31). The summed E-state index contributed by atoms with van der Waals surface area (Å²) in [4.78, 5) is 39.6. The van der Waals surface area contributed by atoms with Gasteiger partial charge in [0.15, 0.2) is 0 Å². The van der Waals surface area contributed by atoms with Crippen LogP contribution in [-0.4, -0.2) is 29.5 Å². The number of esters is 1. The molecule has 1 aromatic heterocycles. The van der Waals surface area contributed by atoms with Gasteiger partial charge in [-0.2, -0.15) is 0 Å². The van der Waals surface area contributed by atoms with Gasteiger partial charge in [0.2, 0.25) is 0 Å². The minimum atomic E-state index is -0.693. The number of aromatic nitrogens is 1. The molecule has 0 atom stereocenters. The summed E-state index contributed by atoms with van der Waals surface area (Å²) in [6.45, 7) is 5.82. The average molecular weight is 475 g/mol. The van der Waals surface area contributed by atoms with E-state index in [1.165, 1.54) is 6.07 Å². The Hall–Kier alpha value is -3.49. The van der Waals surface area contributed by atoms with E-state index in [-0.39, 0.29) is 35.0 Å². The van der Waals surface area contributed by atoms with Crippen molar-refractivity contribution in [3.05, 3.63) is 69.8 Å². The fourth-order valence-corrected chi connectivity index (χ4v) is 3.78. The van der Waals surface area contributed by atoms with Crippen LogP contribution in [0.5, 0.6) is 0 Å².